The van der Waals surface area contributed by atoms with Gasteiger partial charge in [0.15, 0.2) is 0 Å². The van der Waals surface area contributed by atoms with E-state index in [-0.39, 0.29) is 0 Å². The van der Waals surface area contributed by atoms with E-state index in [0.29, 0.717) is 30.6 Å². The second kappa shape index (κ2) is 6.98. The molecule has 0 aliphatic rings. The van der Waals surface area contributed by atoms with Crippen LogP contribution >= 0.6 is 0 Å². The van der Waals surface area contributed by atoms with Gasteiger partial charge in [-0.05, 0) is 27.2 Å². The largest absolute Gasteiger partial charge is 0.464 e. The molecule has 0 aromatic carbocycles. The summed E-state index contributed by atoms with van der Waals surface area (Å²) in [5.74, 6) is 1.19. The molecule has 0 bridgehead atoms. The van der Waals surface area contributed by atoms with Gasteiger partial charge in [0.1, 0.15) is 0 Å². The number of anilines is 2. The Hall–Kier alpha value is -1.59. The lowest BCUT2D eigenvalue weighted by Gasteiger charge is -2.24. The molecule has 0 fully saturated rings. The molecule has 18 heavy (non-hydrogen) atoms. The first kappa shape index (κ1) is 14.5. The predicted molar refractivity (Wildman–Crippen MR) is 73.3 cm³/mol. The molecule has 1 heterocycles. The summed E-state index contributed by atoms with van der Waals surface area (Å²) in [6, 6.07) is 0.741. The molecule has 0 spiro atoms. The summed E-state index contributed by atoms with van der Waals surface area (Å²) in [7, 11) is 1.98. The number of hydrogen-bond acceptors (Lipinski definition) is 6. The quantitative estimate of drug-likeness (QED) is 0.801. The molecular weight excluding hydrogens is 230 g/mol. The summed E-state index contributed by atoms with van der Waals surface area (Å²) in [6.45, 7) is 9.50. The van der Waals surface area contributed by atoms with E-state index in [1.807, 2.05) is 25.8 Å². The first-order valence-corrected chi connectivity index (χ1v) is 6.47. The monoisotopic (exact) mass is 253 g/mol. The van der Waals surface area contributed by atoms with Crippen molar-refractivity contribution in [1.82, 2.24) is 15.0 Å². The van der Waals surface area contributed by atoms with Gasteiger partial charge in [0.05, 0.1) is 6.61 Å². The van der Waals surface area contributed by atoms with Crippen LogP contribution in [0.25, 0.3) is 0 Å². The topological polar surface area (TPSA) is 63.2 Å². The van der Waals surface area contributed by atoms with Crippen LogP contribution in [0.3, 0.4) is 0 Å². The average molecular weight is 253 g/mol. The number of ether oxygens (including phenoxy) is 1. The van der Waals surface area contributed by atoms with Crippen molar-refractivity contribution < 1.29 is 4.74 Å². The third-order valence-corrected chi connectivity index (χ3v) is 2.78. The standard InChI is InChI=1S/C12H23N5O/c1-6-9(4)17(5)11-14-10(13-7-2)15-12(16-11)18-8-3/h9H,6-8H2,1-5H3,(H,13,14,15,16). The van der Waals surface area contributed by atoms with E-state index in [4.69, 9.17) is 4.74 Å². The lowest BCUT2D eigenvalue weighted by atomic mass is 10.2. The molecule has 6 nitrogen and oxygen atoms in total. The first-order valence-electron chi connectivity index (χ1n) is 6.47. The van der Waals surface area contributed by atoms with Gasteiger partial charge in [-0.2, -0.15) is 15.0 Å². The summed E-state index contributed by atoms with van der Waals surface area (Å²) >= 11 is 0. The van der Waals surface area contributed by atoms with E-state index in [2.05, 4.69) is 34.1 Å². The maximum absolute atomic E-state index is 5.37. The minimum absolute atomic E-state index is 0.369. The van der Waals surface area contributed by atoms with Crippen LogP contribution in [0.15, 0.2) is 0 Å². The predicted octanol–water partition coefficient (Wildman–Crippen LogP) is 1.94. The Balaban J connectivity index is 3.01. The molecule has 1 aromatic rings. The van der Waals surface area contributed by atoms with Gasteiger partial charge in [0.2, 0.25) is 11.9 Å². The summed E-state index contributed by atoms with van der Waals surface area (Å²) < 4.78 is 5.37. The van der Waals surface area contributed by atoms with Crippen molar-refractivity contribution in [3.8, 4) is 6.01 Å². The molecule has 0 saturated heterocycles. The SMILES string of the molecule is CCNc1nc(OCC)nc(N(C)C(C)CC)n1. The molecule has 1 unspecified atom stereocenters. The van der Waals surface area contributed by atoms with Crippen molar-refractivity contribution in [2.75, 3.05) is 30.4 Å². The molecule has 0 amide bonds. The van der Waals surface area contributed by atoms with E-state index >= 15 is 0 Å². The minimum Gasteiger partial charge on any atom is -0.464 e. The van der Waals surface area contributed by atoms with Crippen LogP contribution in [0, 0.1) is 0 Å². The Morgan fingerprint density at radius 1 is 1.22 bits per heavy atom. The number of nitrogens with one attached hydrogen (secondary N) is 1. The molecule has 1 N–H and O–H groups in total. The zero-order chi connectivity index (χ0) is 13.5. The van der Waals surface area contributed by atoms with Crippen LogP contribution in [-0.2, 0) is 0 Å². The van der Waals surface area contributed by atoms with Crippen LogP contribution in [0.4, 0.5) is 11.9 Å². The molecule has 0 saturated carbocycles. The Morgan fingerprint density at radius 2 is 1.94 bits per heavy atom. The molecule has 1 rings (SSSR count). The van der Waals surface area contributed by atoms with Gasteiger partial charge in [-0.1, -0.05) is 6.92 Å². The van der Waals surface area contributed by atoms with Crippen LogP contribution in [0.1, 0.15) is 34.1 Å². The summed E-state index contributed by atoms with van der Waals surface area (Å²) in [4.78, 5) is 14.9. The molecule has 0 aliphatic carbocycles. The van der Waals surface area contributed by atoms with Crippen LogP contribution in [-0.4, -0.2) is 41.2 Å². The number of hydrogen-bond donors (Lipinski definition) is 1. The van der Waals surface area contributed by atoms with Crippen molar-refractivity contribution in [2.45, 2.75) is 40.2 Å². The third-order valence-electron chi connectivity index (χ3n) is 2.78. The van der Waals surface area contributed by atoms with Gasteiger partial charge in [-0.3, -0.25) is 0 Å². The first-order chi connectivity index (χ1) is 8.62. The van der Waals surface area contributed by atoms with Gasteiger partial charge >= 0.3 is 6.01 Å². The Labute approximate surface area is 109 Å². The zero-order valence-corrected chi connectivity index (χ0v) is 11.9. The van der Waals surface area contributed by atoms with E-state index in [9.17, 15) is 0 Å². The second-order valence-corrected chi connectivity index (χ2v) is 4.07. The van der Waals surface area contributed by atoms with E-state index < -0.39 is 0 Å². The summed E-state index contributed by atoms with van der Waals surface area (Å²) in [5.41, 5.74) is 0. The molecule has 6 heteroatoms. The molecule has 1 aromatic heterocycles. The highest BCUT2D eigenvalue weighted by Crippen LogP contribution is 2.16. The number of aromatic nitrogens is 3. The average Bonchev–Trinajstić information content (AvgIpc) is 2.37. The fourth-order valence-electron chi connectivity index (χ4n) is 1.41. The maximum atomic E-state index is 5.37. The molecular formula is C12H23N5O. The fraction of sp³-hybridized carbons (Fsp3) is 0.750. The van der Waals surface area contributed by atoms with Crippen LogP contribution in [0.2, 0.25) is 0 Å². The smallest absolute Gasteiger partial charge is 0.323 e. The second-order valence-electron chi connectivity index (χ2n) is 4.07. The van der Waals surface area contributed by atoms with Gasteiger partial charge < -0.3 is 15.0 Å². The van der Waals surface area contributed by atoms with E-state index in [0.717, 1.165) is 13.0 Å². The highest BCUT2D eigenvalue weighted by molar-refractivity contribution is 5.38. The molecule has 1 atom stereocenters. The van der Waals surface area contributed by atoms with Crippen molar-refractivity contribution >= 4 is 11.9 Å². The van der Waals surface area contributed by atoms with Gasteiger partial charge in [-0.25, -0.2) is 0 Å². The lowest BCUT2D eigenvalue weighted by molar-refractivity contribution is 0.312. The zero-order valence-electron chi connectivity index (χ0n) is 11.9. The van der Waals surface area contributed by atoms with Crippen LogP contribution in [0.5, 0.6) is 6.01 Å². The highest BCUT2D eigenvalue weighted by atomic mass is 16.5. The van der Waals surface area contributed by atoms with Gasteiger partial charge in [0, 0.05) is 19.6 Å². The molecule has 0 radical (unpaired) electrons. The fourth-order valence-corrected chi connectivity index (χ4v) is 1.41. The molecule has 0 aliphatic heterocycles. The summed E-state index contributed by atoms with van der Waals surface area (Å²) in [5, 5.41) is 3.09. The van der Waals surface area contributed by atoms with Crippen molar-refractivity contribution in [3.05, 3.63) is 0 Å². The van der Waals surface area contributed by atoms with Crippen molar-refractivity contribution in [3.63, 3.8) is 0 Å². The highest BCUT2D eigenvalue weighted by Gasteiger charge is 2.14. The van der Waals surface area contributed by atoms with E-state index in [1.165, 1.54) is 0 Å². The normalized spacial score (nSPS) is 12.1. The van der Waals surface area contributed by atoms with Gasteiger partial charge in [-0.15, -0.1) is 0 Å². The lowest BCUT2D eigenvalue weighted by Crippen LogP contribution is -2.30. The number of rotatable bonds is 7. The van der Waals surface area contributed by atoms with Crippen LogP contribution < -0.4 is 15.0 Å². The Morgan fingerprint density at radius 3 is 2.50 bits per heavy atom. The Kier molecular flexibility index (Phi) is 5.61. The van der Waals surface area contributed by atoms with Crippen molar-refractivity contribution in [1.29, 1.82) is 0 Å². The minimum atomic E-state index is 0.369. The Bertz CT molecular complexity index is 347. The summed E-state index contributed by atoms with van der Waals surface area (Å²) in [6.07, 6.45) is 1.03. The molecule has 102 valence electrons. The van der Waals surface area contributed by atoms with Gasteiger partial charge in [0.25, 0.3) is 0 Å². The number of nitrogens with zero attached hydrogens (tertiary/aromatic N) is 4. The van der Waals surface area contributed by atoms with Crippen molar-refractivity contribution in [2.24, 2.45) is 0 Å². The third kappa shape index (κ3) is 3.72. The maximum Gasteiger partial charge on any atom is 0.323 e. The van der Waals surface area contributed by atoms with E-state index in [1.54, 1.807) is 0 Å².